The highest BCUT2D eigenvalue weighted by atomic mass is 32.2. The second-order valence-corrected chi connectivity index (χ2v) is 9.06. The molecule has 0 spiro atoms. The van der Waals surface area contributed by atoms with Crippen LogP contribution in [0.25, 0.3) is 22.9 Å². The molecule has 7 heteroatoms. The van der Waals surface area contributed by atoms with Crippen molar-refractivity contribution in [3.63, 3.8) is 0 Å². The van der Waals surface area contributed by atoms with E-state index in [-0.39, 0.29) is 10.7 Å². The van der Waals surface area contributed by atoms with E-state index in [0.29, 0.717) is 22.9 Å². The fourth-order valence-electron chi connectivity index (χ4n) is 2.78. The highest BCUT2D eigenvalue weighted by Crippen LogP contribution is 2.35. The molecule has 2 aromatic carbocycles. The summed E-state index contributed by atoms with van der Waals surface area (Å²) in [6.07, 6.45) is 0. The van der Waals surface area contributed by atoms with Crippen molar-refractivity contribution in [2.24, 2.45) is 0 Å². The lowest BCUT2D eigenvalue weighted by atomic mass is 9.87. The fraction of sp³-hybridized carbons (Fsp3) is 0.273. The molecule has 2 aromatic heterocycles. The molecule has 0 bridgehead atoms. The van der Waals surface area contributed by atoms with Gasteiger partial charge in [-0.1, -0.05) is 62.9 Å². The molecule has 0 unspecified atom stereocenters. The van der Waals surface area contributed by atoms with Crippen molar-refractivity contribution in [2.45, 2.75) is 43.6 Å². The number of hydrogen-bond donors (Lipinski definition) is 0. The Morgan fingerprint density at radius 2 is 1.38 bits per heavy atom. The van der Waals surface area contributed by atoms with Crippen molar-refractivity contribution in [1.29, 1.82) is 0 Å². The Bertz CT molecular complexity index is 1080. The standard InChI is InChI=1S/C22H22N4O2S/c1-14(18-23-24-19(27-18)15-8-6-5-7-9-15)29-21-26-25-20(28-21)16-10-12-17(13-11-16)22(2,3)4/h5-14H,1-4H3/t14-/m0/s1. The van der Waals surface area contributed by atoms with E-state index in [4.69, 9.17) is 8.83 Å². The Labute approximate surface area is 173 Å². The summed E-state index contributed by atoms with van der Waals surface area (Å²) in [6.45, 7) is 8.53. The topological polar surface area (TPSA) is 77.8 Å². The van der Waals surface area contributed by atoms with Gasteiger partial charge in [-0.2, -0.15) is 0 Å². The van der Waals surface area contributed by atoms with Gasteiger partial charge >= 0.3 is 0 Å². The van der Waals surface area contributed by atoms with E-state index in [0.717, 1.165) is 11.1 Å². The highest BCUT2D eigenvalue weighted by Gasteiger charge is 2.20. The molecule has 4 aromatic rings. The van der Waals surface area contributed by atoms with Gasteiger partial charge in [0.25, 0.3) is 5.22 Å². The van der Waals surface area contributed by atoms with Crippen LogP contribution in [0.15, 0.2) is 68.7 Å². The van der Waals surface area contributed by atoms with Crippen LogP contribution in [0.3, 0.4) is 0 Å². The third kappa shape index (κ3) is 4.40. The molecule has 6 nitrogen and oxygen atoms in total. The molecule has 0 aliphatic heterocycles. The van der Waals surface area contributed by atoms with Crippen LogP contribution in [-0.2, 0) is 5.41 Å². The maximum Gasteiger partial charge on any atom is 0.277 e. The SMILES string of the molecule is C[C@H](Sc1nnc(-c2ccc(C(C)(C)C)cc2)o1)c1nnc(-c2ccccc2)o1. The molecule has 29 heavy (non-hydrogen) atoms. The van der Waals surface area contributed by atoms with Gasteiger partial charge in [-0.05, 0) is 42.2 Å². The van der Waals surface area contributed by atoms with Gasteiger partial charge < -0.3 is 8.83 Å². The van der Waals surface area contributed by atoms with Crippen molar-refractivity contribution in [3.8, 4) is 22.9 Å². The van der Waals surface area contributed by atoms with Crippen molar-refractivity contribution < 1.29 is 8.83 Å². The first-order chi connectivity index (χ1) is 13.9. The normalized spacial score (nSPS) is 12.8. The van der Waals surface area contributed by atoms with E-state index in [1.54, 1.807) is 0 Å². The van der Waals surface area contributed by atoms with Gasteiger partial charge in [0.05, 0.1) is 5.25 Å². The Morgan fingerprint density at radius 1 is 0.759 bits per heavy atom. The maximum atomic E-state index is 5.83. The van der Waals surface area contributed by atoms with Gasteiger partial charge in [0, 0.05) is 11.1 Å². The van der Waals surface area contributed by atoms with Crippen LogP contribution in [0.5, 0.6) is 0 Å². The summed E-state index contributed by atoms with van der Waals surface area (Å²) >= 11 is 1.39. The smallest absolute Gasteiger partial charge is 0.277 e. The Morgan fingerprint density at radius 3 is 2.07 bits per heavy atom. The molecule has 0 fully saturated rings. The number of nitrogens with zero attached hydrogens (tertiary/aromatic N) is 4. The first kappa shape index (κ1) is 19.4. The molecule has 0 aliphatic rings. The van der Waals surface area contributed by atoms with Gasteiger partial charge in [0.2, 0.25) is 17.7 Å². The lowest BCUT2D eigenvalue weighted by Gasteiger charge is -2.18. The second-order valence-electron chi connectivity index (χ2n) is 7.77. The van der Waals surface area contributed by atoms with Crippen LogP contribution in [-0.4, -0.2) is 20.4 Å². The minimum absolute atomic E-state index is 0.104. The summed E-state index contributed by atoms with van der Waals surface area (Å²) < 4.78 is 11.6. The third-order valence-corrected chi connectivity index (χ3v) is 5.41. The van der Waals surface area contributed by atoms with Crippen LogP contribution in [0.4, 0.5) is 0 Å². The molecular weight excluding hydrogens is 384 g/mol. The minimum atomic E-state index is -0.114. The monoisotopic (exact) mass is 406 g/mol. The Hall–Kier alpha value is -2.93. The van der Waals surface area contributed by atoms with Crippen LogP contribution in [0, 0.1) is 0 Å². The maximum absolute atomic E-state index is 5.83. The highest BCUT2D eigenvalue weighted by molar-refractivity contribution is 7.99. The molecule has 0 aliphatic carbocycles. The van der Waals surface area contributed by atoms with Gasteiger partial charge in [-0.25, -0.2) is 0 Å². The summed E-state index contributed by atoms with van der Waals surface area (Å²) in [5.41, 5.74) is 3.15. The van der Waals surface area contributed by atoms with Crippen LogP contribution in [0.2, 0.25) is 0 Å². The number of aromatic nitrogens is 4. The first-order valence-corrected chi connectivity index (χ1v) is 10.3. The molecule has 0 N–H and O–H groups in total. The quantitative estimate of drug-likeness (QED) is 0.380. The lowest BCUT2D eigenvalue weighted by molar-refractivity contribution is 0.461. The molecule has 4 rings (SSSR count). The number of benzene rings is 2. The zero-order chi connectivity index (χ0) is 20.4. The van der Waals surface area contributed by atoms with E-state index in [9.17, 15) is 0 Å². The zero-order valence-corrected chi connectivity index (χ0v) is 17.6. The molecule has 0 radical (unpaired) electrons. The van der Waals surface area contributed by atoms with E-state index >= 15 is 0 Å². The summed E-state index contributed by atoms with van der Waals surface area (Å²) in [5.74, 6) is 1.51. The van der Waals surface area contributed by atoms with Crippen molar-refractivity contribution >= 4 is 11.8 Å². The predicted octanol–water partition coefficient (Wildman–Crippen LogP) is 5.94. The van der Waals surface area contributed by atoms with E-state index in [2.05, 4.69) is 53.3 Å². The Balaban J connectivity index is 1.46. The Kier molecular flexibility index (Phi) is 5.24. The van der Waals surface area contributed by atoms with Crippen molar-refractivity contribution in [2.75, 3.05) is 0 Å². The fourth-order valence-corrected chi connectivity index (χ4v) is 3.50. The van der Waals surface area contributed by atoms with Gasteiger partial charge in [0.15, 0.2) is 0 Å². The largest absolute Gasteiger partial charge is 0.419 e. The first-order valence-electron chi connectivity index (χ1n) is 9.40. The molecule has 2 heterocycles. The molecule has 0 saturated carbocycles. The summed E-state index contributed by atoms with van der Waals surface area (Å²) in [7, 11) is 0. The van der Waals surface area contributed by atoms with Gasteiger partial charge in [0.1, 0.15) is 0 Å². The molecular formula is C22H22N4O2S. The molecule has 148 valence electrons. The third-order valence-electron chi connectivity index (χ3n) is 4.49. The van der Waals surface area contributed by atoms with Crippen LogP contribution in [0.1, 0.15) is 44.4 Å². The van der Waals surface area contributed by atoms with E-state index in [1.807, 2.05) is 49.4 Å². The molecule has 0 saturated heterocycles. The number of rotatable bonds is 5. The number of hydrogen-bond acceptors (Lipinski definition) is 7. The zero-order valence-electron chi connectivity index (χ0n) is 16.8. The summed E-state index contributed by atoms with van der Waals surface area (Å²) in [6, 6.07) is 17.9. The van der Waals surface area contributed by atoms with Gasteiger partial charge in [-0.3, -0.25) is 0 Å². The summed E-state index contributed by atoms with van der Waals surface area (Å²) in [5, 5.41) is 17.0. The second kappa shape index (κ2) is 7.83. The molecule has 1 atom stereocenters. The lowest BCUT2D eigenvalue weighted by Crippen LogP contribution is -2.10. The molecule has 0 amide bonds. The van der Waals surface area contributed by atoms with Crippen molar-refractivity contribution in [3.05, 3.63) is 66.1 Å². The van der Waals surface area contributed by atoms with Crippen LogP contribution < -0.4 is 0 Å². The van der Waals surface area contributed by atoms with E-state index < -0.39 is 0 Å². The summed E-state index contributed by atoms with van der Waals surface area (Å²) in [4.78, 5) is 0. The van der Waals surface area contributed by atoms with Crippen LogP contribution >= 0.6 is 11.8 Å². The minimum Gasteiger partial charge on any atom is -0.419 e. The van der Waals surface area contributed by atoms with Crippen molar-refractivity contribution in [1.82, 2.24) is 20.4 Å². The number of thioether (sulfide) groups is 1. The van der Waals surface area contributed by atoms with Gasteiger partial charge in [-0.15, -0.1) is 20.4 Å². The average Bonchev–Trinajstić information content (AvgIpc) is 3.38. The van der Waals surface area contributed by atoms with E-state index in [1.165, 1.54) is 17.3 Å². The predicted molar refractivity (Wildman–Crippen MR) is 112 cm³/mol. The average molecular weight is 407 g/mol.